The summed E-state index contributed by atoms with van der Waals surface area (Å²) in [7, 11) is 0. The van der Waals surface area contributed by atoms with Crippen molar-refractivity contribution in [1.29, 1.82) is 0 Å². The van der Waals surface area contributed by atoms with Crippen LogP contribution in [0.4, 0.5) is 17.1 Å². The van der Waals surface area contributed by atoms with E-state index >= 15 is 0 Å². The van der Waals surface area contributed by atoms with E-state index in [4.69, 9.17) is 0 Å². The predicted octanol–water partition coefficient (Wildman–Crippen LogP) is 15.5. The molecule has 0 fully saturated rings. The van der Waals surface area contributed by atoms with Crippen molar-refractivity contribution in [2.24, 2.45) is 0 Å². The Labute approximate surface area is 325 Å². The van der Waals surface area contributed by atoms with E-state index in [2.05, 4.69) is 207 Å². The third-order valence-corrected chi connectivity index (χ3v) is 12.9. The minimum atomic E-state index is -0.0875. The van der Waals surface area contributed by atoms with Gasteiger partial charge in [-0.3, -0.25) is 0 Å². The zero-order chi connectivity index (χ0) is 36.7. The summed E-state index contributed by atoms with van der Waals surface area (Å²) >= 11 is 1.87. The molecule has 1 aliphatic rings. The topological polar surface area (TPSA) is 3.24 Å². The molecule has 1 heterocycles. The first-order valence-corrected chi connectivity index (χ1v) is 19.9. The van der Waals surface area contributed by atoms with Crippen molar-refractivity contribution in [2.75, 3.05) is 4.90 Å². The van der Waals surface area contributed by atoms with Crippen LogP contribution in [0.2, 0.25) is 0 Å². The molecule has 0 radical (unpaired) electrons. The highest BCUT2D eigenvalue weighted by molar-refractivity contribution is 7.25. The molecular weight excluding hydrogens is 683 g/mol. The van der Waals surface area contributed by atoms with Crippen LogP contribution in [0.15, 0.2) is 188 Å². The van der Waals surface area contributed by atoms with E-state index in [0.717, 1.165) is 11.4 Å². The summed E-state index contributed by atoms with van der Waals surface area (Å²) in [5, 5.41) is 7.58. The molecule has 0 amide bonds. The first kappa shape index (κ1) is 32.0. The van der Waals surface area contributed by atoms with Crippen LogP contribution >= 0.6 is 11.3 Å². The van der Waals surface area contributed by atoms with E-state index in [-0.39, 0.29) is 5.41 Å². The smallest absolute Gasteiger partial charge is 0.0476 e. The van der Waals surface area contributed by atoms with Crippen molar-refractivity contribution in [3.8, 4) is 33.4 Å². The molecule has 9 aromatic carbocycles. The Morgan fingerprint density at radius 1 is 0.364 bits per heavy atom. The van der Waals surface area contributed by atoms with Crippen LogP contribution in [-0.2, 0) is 5.41 Å². The monoisotopic (exact) mass is 719 g/mol. The molecule has 0 N–H and O–H groups in total. The molecule has 1 aliphatic carbocycles. The fraction of sp³-hybridized carbons (Fsp3) is 0.0566. The Morgan fingerprint density at radius 2 is 0.891 bits per heavy atom. The number of anilines is 3. The van der Waals surface area contributed by atoms with Crippen LogP contribution in [0, 0.1) is 0 Å². The van der Waals surface area contributed by atoms with Crippen molar-refractivity contribution in [2.45, 2.75) is 19.3 Å². The summed E-state index contributed by atoms with van der Waals surface area (Å²) in [6, 6.07) is 69.7. The van der Waals surface area contributed by atoms with Gasteiger partial charge < -0.3 is 4.90 Å². The van der Waals surface area contributed by atoms with E-state index in [9.17, 15) is 0 Å². The van der Waals surface area contributed by atoms with Crippen LogP contribution < -0.4 is 4.90 Å². The van der Waals surface area contributed by atoms with E-state index < -0.39 is 0 Å². The predicted molar refractivity (Wildman–Crippen MR) is 237 cm³/mol. The van der Waals surface area contributed by atoms with Crippen LogP contribution in [0.25, 0.3) is 75.1 Å². The van der Waals surface area contributed by atoms with Gasteiger partial charge in [0.1, 0.15) is 0 Å². The Balaban J connectivity index is 1.01. The highest BCUT2D eigenvalue weighted by Gasteiger charge is 2.35. The van der Waals surface area contributed by atoms with Gasteiger partial charge >= 0.3 is 0 Å². The first-order valence-electron chi connectivity index (χ1n) is 19.1. The van der Waals surface area contributed by atoms with Crippen LogP contribution in [0.3, 0.4) is 0 Å². The third kappa shape index (κ3) is 5.21. The van der Waals surface area contributed by atoms with E-state index in [1.165, 1.54) is 91.9 Å². The summed E-state index contributed by atoms with van der Waals surface area (Å²) in [5.74, 6) is 0. The summed E-state index contributed by atoms with van der Waals surface area (Å²) in [6.07, 6.45) is 0. The number of hydrogen-bond donors (Lipinski definition) is 0. The first-order chi connectivity index (χ1) is 27.0. The summed E-state index contributed by atoms with van der Waals surface area (Å²) < 4.78 is 2.62. The Kier molecular flexibility index (Phi) is 7.14. The average molecular weight is 720 g/mol. The largest absolute Gasteiger partial charge is 0.310 e. The maximum absolute atomic E-state index is 2.45. The molecule has 0 unspecified atom stereocenters. The molecule has 55 heavy (non-hydrogen) atoms. The maximum Gasteiger partial charge on any atom is 0.0476 e. The standard InChI is InChI=1S/C53H37NS/c1-53(2)49-14-8-6-12-45(49)46-26-24-43(32-50(46)53)54(44-25-27-48-47-13-7-9-15-51(47)55-52(48)33-44)42-23-22-40-30-39(20-21-41(40)31-42)38-19-18-36-28-35(16-17-37(36)29-38)34-10-4-3-5-11-34/h3-33H,1-2H3. The number of rotatable bonds is 5. The lowest BCUT2D eigenvalue weighted by Crippen LogP contribution is -2.16. The summed E-state index contributed by atoms with van der Waals surface area (Å²) in [4.78, 5) is 2.45. The quantitative estimate of drug-likeness (QED) is 0.171. The molecule has 0 aliphatic heterocycles. The van der Waals surface area contributed by atoms with Gasteiger partial charge in [0.15, 0.2) is 0 Å². The number of hydrogen-bond acceptors (Lipinski definition) is 2. The highest BCUT2D eigenvalue weighted by atomic mass is 32.1. The minimum absolute atomic E-state index is 0.0875. The second-order valence-electron chi connectivity index (χ2n) is 15.4. The number of fused-ring (bicyclic) bond motifs is 8. The van der Waals surface area contributed by atoms with Crippen LogP contribution in [0.1, 0.15) is 25.0 Å². The van der Waals surface area contributed by atoms with Crippen molar-refractivity contribution in [3.63, 3.8) is 0 Å². The molecule has 0 atom stereocenters. The summed E-state index contributed by atoms with van der Waals surface area (Å²) in [5.41, 5.74) is 13.8. The minimum Gasteiger partial charge on any atom is -0.310 e. The zero-order valence-corrected chi connectivity index (χ0v) is 31.6. The fourth-order valence-electron chi connectivity index (χ4n) is 8.92. The van der Waals surface area contributed by atoms with Gasteiger partial charge in [0, 0.05) is 42.6 Å². The lowest BCUT2D eigenvalue weighted by Gasteiger charge is -2.28. The van der Waals surface area contributed by atoms with E-state index in [1.807, 2.05) is 11.3 Å². The van der Waals surface area contributed by atoms with E-state index in [1.54, 1.807) is 0 Å². The normalized spacial score (nSPS) is 13.1. The molecule has 2 heteroatoms. The van der Waals surface area contributed by atoms with Gasteiger partial charge in [-0.1, -0.05) is 141 Å². The molecule has 1 nitrogen and oxygen atoms in total. The van der Waals surface area contributed by atoms with Crippen LogP contribution in [-0.4, -0.2) is 0 Å². The molecule has 260 valence electrons. The highest BCUT2D eigenvalue weighted by Crippen LogP contribution is 2.51. The van der Waals surface area contributed by atoms with Crippen molar-refractivity contribution in [3.05, 3.63) is 199 Å². The molecule has 0 saturated heterocycles. The summed E-state index contributed by atoms with van der Waals surface area (Å²) in [6.45, 7) is 4.72. The Hall–Kier alpha value is -6.48. The molecule has 11 rings (SSSR count). The Bertz CT molecular complexity index is 3130. The van der Waals surface area contributed by atoms with E-state index in [0.29, 0.717) is 0 Å². The molecule has 0 bridgehead atoms. The maximum atomic E-state index is 2.45. The van der Waals surface area contributed by atoms with Crippen molar-refractivity contribution in [1.82, 2.24) is 0 Å². The van der Waals surface area contributed by atoms with Gasteiger partial charge in [0.2, 0.25) is 0 Å². The second kappa shape index (κ2) is 12.3. The van der Waals surface area contributed by atoms with Crippen molar-refractivity contribution >= 4 is 70.1 Å². The second-order valence-corrected chi connectivity index (χ2v) is 16.5. The molecule has 1 aromatic heterocycles. The van der Waals surface area contributed by atoms with Crippen LogP contribution in [0.5, 0.6) is 0 Å². The fourth-order valence-corrected chi connectivity index (χ4v) is 10.1. The average Bonchev–Trinajstić information content (AvgIpc) is 3.72. The van der Waals surface area contributed by atoms with Gasteiger partial charge in [0.25, 0.3) is 0 Å². The Morgan fingerprint density at radius 3 is 1.65 bits per heavy atom. The van der Waals surface area contributed by atoms with Crippen molar-refractivity contribution < 1.29 is 0 Å². The number of thiophene rings is 1. The van der Waals surface area contributed by atoms with Gasteiger partial charge in [0.05, 0.1) is 0 Å². The van der Waals surface area contributed by atoms with Gasteiger partial charge in [-0.05, 0) is 127 Å². The van der Waals surface area contributed by atoms with Gasteiger partial charge in [-0.15, -0.1) is 11.3 Å². The molecular formula is C53H37NS. The van der Waals surface area contributed by atoms with Gasteiger partial charge in [-0.2, -0.15) is 0 Å². The lowest BCUT2D eigenvalue weighted by atomic mass is 9.82. The molecule has 0 saturated carbocycles. The molecule has 0 spiro atoms. The van der Waals surface area contributed by atoms with Gasteiger partial charge in [-0.25, -0.2) is 0 Å². The third-order valence-electron chi connectivity index (χ3n) is 11.8. The zero-order valence-electron chi connectivity index (χ0n) is 30.8. The lowest BCUT2D eigenvalue weighted by molar-refractivity contribution is 0.660. The SMILES string of the molecule is CC1(C)c2ccccc2-c2ccc(N(c3ccc4cc(-c5ccc6cc(-c7ccccc7)ccc6c5)ccc4c3)c3ccc4c(c3)sc3ccccc34)cc21. The number of nitrogens with zero attached hydrogens (tertiary/aromatic N) is 1. The molecule has 10 aromatic rings. The number of benzene rings is 9.